The van der Waals surface area contributed by atoms with Gasteiger partial charge in [-0.2, -0.15) is 0 Å². The largest absolute Gasteiger partial charge is 0.508 e. The molecule has 0 saturated carbocycles. The smallest absolute Gasteiger partial charge is 0.344 e. The summed E-state index contributed by atoms with van der Waals surface area (Å²) in [6.45, 7) is 1.83. The molecule has 0 fully saturated rings. The second-order valence-corrected chi connectivity index (χ2v) is 4.81. The summed E-state index contributed by atoms with van der Waals surface area (Å²) in [6.07, 6.45) is 0.752. The Morgan fingerprint density at radius 1 is 1.10 bits per heavy atom. The van der Waals surface area contributed by atoms with Gasteiger partial charge in [-0.3, -0.25) is 4.79 Å². The van der Waals surface area contributed by atoms with E-state index in [2.05, 4.69) is 0 Å². The number of phenolic OH excluding ortho intramolecular Hbond substituents is 1. The fourth-order valence-electron chi connectivity index (χ4n) is 2.41. The normalized spacial score (nSPS) is 10.7. The zero-order valence-corrected chi connectivity index (χ0v) is 11.3. The van der Waals surface area contributed by atoms with Gasteiger partial charge in [-0.25, -0.2) is 4.79 Å². The van der Waals surface area contributed by atoms with E-state index < -0.39 is 5.63 Å². The number of fused-ring (bicyclic) bond motifs is 1. The maximum Gasteiger partial charge on any atom is 0.344 e. The van der Waals surface area contributed by atoms with Crippen LogP contribution < -0.4 is 5.63 Å². The van der Waals surface area contributed by atoms with E-state index >= 15 is 0 Å². The van der Waals surface area contributed by atoms with Crippen LogP contribution in [0.3, 0.4) is 0 Å². The van der Waals surface area contributed by atoms with E-state index in [0.717, 1.165) is 17.2 Å². The van der Waals surface area contributed by atoms with Crippen molar-refractivity contribution >= 4 is 17.3 Å². The molecule has 4 nitrogen and oxygen atoms in total. The Bertz CT molecular complexity index is 889. The molecular weight excluding hydrogens is 268 g/mol. The molecule has 0 aliphatic carbocycles. The lowest BCUT2D eigenvalue weighted by Gasteiger charge is -2.08. The summed E-state index contributed by atoms with van der Waals surface area (Å²) >= 11 is 0. The highest BCUT2D eigenvalue weighted by molar-refractivity contribution is 5.87. The maximum absolute atomic E-state index is 12.2. The lowest BCUT2D eigenvalue weighted by Crippen LogP contribution is -2.06. The molecular formula is C17H12O4. The topological polar surface area (TPSA) is 67.5 Å². The first-order chi connectivity index (χ1) is 10.1. The average Bonchev–Trinajstić information content (AvgIpc) is 2.47. The second-order valence-electron chi connectivity index (χ2n) is 4.81. The predicted molar refractivity (Wildman–Crippen MR) is 79.7 cm³/mol. The first kappa shape index (κ1) is 13.1. The van der Waals surface area contributed by atoms with Gasteiger partial charge in [0.25, 0.3) is 0 Å². The molecule has 0 unspecified atom stereocenters. The van der Waals surface area contributed by atoms with E-state index in [1.54, 1.807) is 36.4 Å². The number of aromatic hydroxyl groups is 1. The molecule has 0 aliphatic rings. The van der Waals surface area contributed by atoms with Crippen LogP contribution in [0.1, 0.15) is 15.9 Å². The minimum atomic E-state index is -0.468. The van der Waals surface area contributed by atoms with Crippen molar-refractivity contribution in [2.24, 2.45) is 0 Å². The van der Waals surface area contributed by atoms with Crippen molar-refractivity contribution in [2.45, 2.75) is 6.92 Å². The van der Waals surface area contributed by atoms with Crippen molar-refractivity contribution in [1.29, 1.82) is 0 Å². The number of carbonyl (C=O) groups is 1. The highest BCUT2D eigenvalue weighted by atomic mass is 16.4. The Balaban J connectivity index is 2.29. The summed E-state index contributed by atoms with van der Waals surface area (Å²) in [5, 5.41) is 10.2. The SMILES string of the molecule is Cc1c(-c2ccc(C=O)cc2)c(=O)oc2cc(O)ccc12. The summed E-state index contributed by atoms with van der Waals surface area (Å²) in [5.74, 6) is 0.0492. The molecule has 0 saturated heterocycles. The number of phenols is 1. The number of benzene rings is 2. The van der Waals surface area contributed by atoms with Gasteiger partial charge in [0, 0.05) is 17.0 Å². The Hall–Kier alpha value is -2.88. The molecule has 3 aromatic rings. The van der Waals surface area contributed by atoms with Crippen LogP contribution in [0, 0.1) is 6.92 Å². The Kier molecular flexibility index (Phi) is 3.06. The Morgan fingerprint density at radius 2 is 1.81 bits per heavy atom. The van der Waals surface area contributed by atoms with Crippen LogP contribution in [0.5, 0.6) is 5.75 Å². The van der Waals surface area contributed by atoms with Gasteiger partial charge in [-0.1, -0.05) is 24.3 Å². The molecule has 21 heavy (non-hydrogen) atoms. The number of rotatable bonds is 2. The molecule has 4 heteroatoms. The molecule has 0 radical (unpaired) electrons. The van der Waals surface area contributed by atoms with Crippen LogP contribution in [0.4, 0.5) is 0 Å². The second kappa shape index (κ2) is 4.90. The van der Waals surface area contributed by atoms with Crippen LogP contribution in [-0.2, 0) is 0 Å². The van der Waals surface area contributed by atoms with E-state index in [-0.39, 0.29) is 5.75 Å². The quantitative estimate of drug-likeness (QED) is 0.577. The number of hydrogen-bond acceptors (Lipinski definition) is 4. The van der Waals surface area contributed by atoms with Gasteiger partial charge in [-0.15, -0.1) is 0 Å². The fraction of sp³-hybridized carbons (Fsp3) is 0.0588. The van der Waals surface area contributed by atoms with Gasteiger partial charge in [0.15, 0.2) is 0 Å². The van der Waals surface area contributed by atoms with Crippen LogP contribution >= 0.6 is 0 Å². The van der Waals surface area contributed by atoms with Gasteiger partial charge in [0.2, 0.25) is 0 Å². The van der Waals surface area contributed by atoms with Crippen molar-refractivity contribution in [3.63, 3.8) is 0 Å². The monoisotopic (exact) mass is 280 g/mol. The summed E-state index contributed by atoms with van der Waals surface area (Å²) in [5.41, 5.74) is 2.37. The Morgan fingerprint density at radius 3 is 2.48 bits per heavy atom. The molecule has 1 aromatic heterocycles. The highest BCUT2D eigenvalue weighted by Crippen LogP contribution is 2.28. The van der Waals surface area contributed by atoms with Gasteiger partial charge < -0.3 is 9.52 Å². The summed E-state index contributed by atoms with van der Waals surface area (Å²) in [6, 6.07) is 11.4. The van der Waals surface area contributed by atoms with E-state index in [0.29, 0.717) is 22.3 Å². The van der Waals surface area contributed by atoms with Crippen molar-refractivity contribution in [3.05, 3.63) is 64.0 Å². The van der Waals surface area contributed by atoms with E-state index in [1.807, 2.05) is 6.92 Å². The first-order valence-electron chi connectivity index (χ1n) is 6.42. The molecule has 2 aromatic carbocycles. The van der Waals surface area contributed by atoms with Gasteiger partial charge in [0.1, 0.15) is 17.6 Å². The molecule has 104 valence electrons. The first-order valence-corrected chi connectivity index (χ1v) is 6.42. The number of aryl methyl sites for hydroxylation is 1. The maximum atomic E-state index is 12.2. The lowest BCUT2D eigenvalue weighted by molar-refractivity contribution is 0.112. The van der Waals surface area contributed by atoms with Crippen LogP contribution in [-0.4, -0.2) is 11.4 Å². The predicted octanol–water partition coefficient (Wildman–Crippen LogP) is 3.29. The minimum absolute atomic E-state index is 0.0492. The standard InChI is InChI=1S/C17H12O4/c1-10-14-7-6-13(19)8-15(14)21-17(20)16(10)12-4-2-11(9-18)3-5-12/h2-9,19H,1H3. The molecule has 3 rings (SSSR count). The number of carbonyl (C=O) groups excluding carboxylic acids is 1. The zero-order chi connectivity index (χ0) is 15.0. The van der Waals surface area contributed by atoms with Crippen LogP contribution in [0.2, 0.25) is 0 Å². The third-order valence-corrected chi connectivity index (χ3v) is 3.49. The zero-order valence-electron chi connectivity index (χ0n) is 11.3. The van der Waals surface area contributed by atoms with Crippen molar-refractivity contribution in [2.75, 3.05) is 0 Å². The lowest BCUT2D eigenvalue weighted by atomic mass is 9.99. The third kappa shape index (κ3) is 2.21. The van der Waals surface area contributed by atoms with E-state index in [4.69, 9.17) is 4.42 Å². The summed E-state index contributed by atoms with van der Waals surface area (Å²) in [7, 11) is 0. The molecule has 1 N–H and O–H groups in total. The van der Waals surface area contributed by atoms with Gasteiger partial charge in [0.05, 0.1) is 5.56 Å². The van der Waals surface area contributed by atoms with Crippen LogP contribution in [0.15, 0.2) is 51.7 Å². The fourth-order valence-corrected chi connectivity index (χ4v) is 2.41. The van der Waals surface area contributed by atoms with Crippen molar-refractivity contribution in [1.82, 2.24) is 0 Å². The minimum Gasteiger partial charge on any atom is -0.508 e. The van der Waals surface area contributed by atoms with Gasteiger partial charge in [-0.05, 0) is 30.2 Å². The molecule has 0 atom stereocenters. The Labute approximate surface area is 120 Å². The van der Waals surface area contributed by atoms with Crippen molar-refractivity contribution < 1.29 is 14.3 Å². The highest BCUT2D eigenvalue weighted by Gasteiger charge is 2.13. The molecule has 1 heterocycles. The van der Waals surface area contributed by atoms with Gasteiger partial charge >= 0.3 is 5.63 Å². The summed E-state index contributed by atoms with van der Waals surface area (Å²) < 4.78 is 5.28. The molecule has 0 spiro atoms. The third-order valence-electron chi connectivity index (χ3n) is 3.49. The van der Waals surface area contributed by atoms with Crippen molar-refractivity contribution in [3.8, 4) is 16.9 Å². The number of hydrogen-bond donors (Lipinski definition) is 1. The molecule has 0 aliphatic heterocycles. The van der Waals surface area contributed by atoms with E-state index in [9.17, 15) is 14.7 Å². The van der Waals surface area contributed by atoms with E-state index in [1.165, 1.54) is 6.07 Å². The van der Waals surface area contributed by atoms with Crippen LogP contribution in [0.25, 0.3) is 22.1 Å². The summed E-state index contributed by atoms with van der Waals surface area (Å²) in [4.78, 5) is 22.9. The molecule has 0 amide bonds. The molecule has 0 bridgehead atoms. The average molecular weight is 280 g/mol. The number of aldehydes is 1.